The van der Waals surface area contributed by atoms with Crippen LogP contribution in [0.3, 0.4) is 0 Å². The Hall–Kier alpha value is -1.40. The van der Waals surface area contributed by atoms with Gasteiger partial charge >= 0.3 is 0 Å². The van der Waals surface area contributed by atoms with Gasteiger partial charge < -0.3 is 5.32 Å². The number of nitrogens with one attached hydrogen (secondary N) is 2. The van der Waals surface area contributed by atoms with Gasteiger partial charge in [-0.25, -0.2) is 10.8 Å². The number of thiophene rings is 1. The van der Waals surface area contributed by atoms with E-state index < -0.39 is 0 Å². The van der Waals surface area contributed by atoms with Crippen molar-refractivity contribution in [1.29, 1.82) is 0 Å². The van der Waals surface area contributed by atoms with Crippen LogP contribution in [0.1, 0.15) is 26.2 Å². The standard InChI is InChI=1S/C12H17N5S/c1-7(6-8-2-3-8)14-10-9-4-5-18-11(9)16-12(15-10)17-13/h4-5,7-8H,2-3,6,13H2,1H3,(H2,14,15,16,17). The normalized spacial score (nSPS) is 16.8. The maximum Gasteiger partial charge on any atom is 0.240 e. The van der Waals surface area contributed by atoms with E-state index in [2.05, 4.69) is 27.6 Å². The van der Waals surface area contributed by atoms with Gasteiger partial charge in [-0.05, 0) is 30.7 Å². The van der Waals surface area contributed by atoms with Crippen LogP contribution in [0.5, 0.6) is 0 Å². The molecule has 0 saturated heterocycles. The minimum absolute atomic E-state index is 0.432. The van der Waals surface area contributed by atoms with Crippen molar-refractivity contribution in [1.82, 2.24) is 9.97 Å². The molecule has 0 aromatic carbocycles. The first-order valence-electron chi connectivity index (χ1n) is 6.24. The van der Waals surface area contributed by atoms with Crippen molar-refractivity contribution in [3.8, 4) is 0 Å². The second-order valence-electron chi connectivity index (χ2n) is 4.90. The Morgan fingerprint density at radius 3 is 3.06 bits per heavy atom. The number of nitrogens with two attached hydrogens (primary N) is 1. The maximum absolute atomic E-state index is 5.40. The van der Waals surface area contributed by atoms with E-state index in [9.17, 15) is 0 Å². The second kappa shape index (κ2) is 4.70. The molecule has 96 valence electrons. The summed E-state index contributed by atoms with van der Waals surface area (Å²) in [6, 6.07) is 2.48. The number of nitrogens with zero attached hydrogens (tertiary/aromatic N) is 2. The highest BCUT2D eigenvalue weighted by atomic mass is 32.1. The second-order valence-corrected chi connectivity index (χ2v) is 5.80. The highest BCUT2D eigenvalue weighted by Crippen LogP contribution is 2.34. The van der Waals surface area contributed by atoms with Gasteiger partial charge in [-0.15, -0.1) is 11.3 Å². The lowest BCUT2D eigenvalue weighted by atomic mass is 10.1. The Labute approximate surface area is 110 Å². The Bertz CT molecular complexity index is 548. The Kier molecular flexibility index (Phi) is 3.05. The van der Waals surface area contributed by atoms with Gasteiger partial charge in [-0.1, -0.05) is 12.8 Å². The van der Waals surface area contributed by atoms with Gasteiger partial charge in [0.25, 0.3) is 0 Å². The van der Waals surface area contributed by atoms with E-state index in [1.807, 2.05) is 11.4 Å². The Morgan fingerprint density at radius 2 is 2.33 bits per heavy atom. The zero-order chi connectivity index (χ0) is 12.5. The monoisotopic (exact) mass is 263 g/mol. The summed E-state index contributed by atoms with van der Waals surface area (Å²) in [5.41, 5.74) is 2.52. The van der Waals surface area contributed by atoms with E-state index in [1.165, 1.54) is 19.3 Å². The van der Waals surface area contributed by atoms with Crippen LogP contribution in [0.4, 0.5) is 11.8 Å². The first-order valence-corrected chi connectivity index (χ1v) is 7.12. The van der Waals surface area contributed by atoms with Crippen molar-refractivity contribution in [2.75, 3.05) is 10.7 Å². The fourth-order valence-corrected chi connectivity index (χ4v) is 2.94. The quantitative estimate of drug-likeness (QED) is 0.571. The van der Waals surface area contributed by atoms with Gasteiger partial charge in [0.2, 0.25) is 5.95 Å². The zero-order valence-electron chi connectivity index (χ0n) is 10.3. The Morgan fingerprint density at radius 1 is 1.50 bits per heavy atom. The van der Waals surface area contributed by atoms with Crippen molar-refractivity contribution >= 4 is 33.3 Å². The van der Waals surface area contributed by atoms with Crippen LogP contribution in [0.2, 0.25) is 0 Å². The van der Waals surface area contributed by atoms with Crippen LogP contribution in [0.25, 0.3) is 10.2 Å². The van der Waals surface area contributed by atoms with Crippen molar-refractivity contribution < 1.29 is 0 Å². The fraction of sp³-hybridized carbons (Fsp3) is 0.500. The molecule has 0 spiro atoms. The summed E-state index contributed by atoms with van der Waals surface area (Å²) in [5, 5.41) is 6.57. The fourth-order valence-electron chi connectivity index (χ4n) is 2.18. The Balaban J connectivity index is 1.86. The average molecular weight is 263 g/mol. The van der Waals surface area contributed by atoms with Crippen LogP contribution < -0.4 is 16.6 Å². The molecule has 1 saturated carbocycles. The molecule has 2 aromatic rings. The first-order chi connectivity index (χ1) is 8.76. The largest absolute Gasteiger partial charge is 0.367 e. The van der Waals surface area contributed by atoms with Gasteiger partial charge in [0.05, 0.1) is 5.39 Å². The van der Waals surface area contributed by atoms with E-state index in [1.54, 1.807) is 11.3 Å². The molecular formula is C12H17N5S. The molecule has 1 unspecified atom stereocenters. The van der Waals surface area contributed by atoms with Crippen molar-refractivity contribution in [2.24, 2.45) is 11.8 Å². The minimum Gasteiger partial charge on any atom is -0.367 e. The van der Waals surface area contributed by atoms with Crippen LogP contribution in [-0.2, 0) is 0 Å². The summed E-state index contributed by atoms with van der Waals surface area (Å²) in [6.07, 6.45) is 3.96. The molecule has 0 radical (unpaired) electrons. The lowest BCUT2D eigenvalue weighted by molar-refractivity contribution is 0.641. The SMILES string of the molecule is CC(CC1CC1)Nc1nc(NN)nc2sccc12. The third-order valence-corrected chi connectivity index (χ3v) is 4.03. The van der Waals surface area contributed by atoms with E-state index in [4.69, 9.17) is 5.84 Å². The average Bonchev–Trinajstić information content (AvgIpc) is 3.03. The van der Waals surface area contributed by atoms with Gasteiger partial charge in [0.15, 0.2) is 0 Å². The molecular weight excluding hydrogens is 246 g/mol. The molecule has 3 rings (SSSR count). The molecule has 1 aliphatic rings. The molecule has 4 N–H and O–H groups in total. The predicted octanol–water partition coefficient (Wildman–Crippen LogP) is 2.58. The van der Waals surface area contributed by atoms with Crippen molar-refractivity contribution in [2.45, 2.75) is 32.2 Å². The number of aromatic nitrogens is 2. The molecule has 1 fully saturated rings. The topological polar surface area (TPSA) is 75.9 Å². The highest BCUT2D eigenvalue weighted by Gasteiger charge is 2.24. The molecule has 1 aliphatic carbocycles. The third kappa shape index (κ3) is 2.39. The summed E-state index contributed by atoms with van der Waals surface area (Å²) in [6.45, 7) is 2.20. The summed E-state index contributed by atoms with van der Waals surface area (Å²) < 4.78 is 0. The first kappa shape index (κ1) is 11.7. The number of rotatable bonds is 5. The summed E-state index contributed by atoms with van der Waals surface area (Å²) >= 11 is 1.60. The minimum atomic E-state index is 0.432. The van der Waals surface area contributed by atoms with Crippen LogP contribution >= 0.6 is 11.3 Å². The molecule has 5 nitrogen and oxygen atoms in total. The smallest absolute Gasteiger partial charge is 0.240 e. The van der Waals surface area contributed by atoms with Crippen LogP contribution in [0, 0.1) is 5.92 Å². The molecule has 18 heavy (non-hydrogen) atoms. The molecule has 2 heterocycles. The van der Waals surface area contributed by atoms with Gasteiger partial charge in [-0.2, -0.15) is 4.98 Å². The molecule has 1 atom stereocenters. The molecule has 0 bridgehead atoms. The van der Waals surface area contributed by atoms with Crippen molar-refractivity contribution in [3.63, 3.8) is 0 Å². The number of anilines is 2. The van der Waals surface area contributed by atoms with E-state index in [-0.39, 0.29) is 0 Å². The molecule has 0 aliphatic heterocycles. The molecule has 0 amide bonds. The van der Waals surface area contributed by atoms with E-state index >= 15 is 0 Å². The summed E-state index contributed by atoms with van der Waals surface area (Å²) in [7, 11) is 0. The van der Waals surface area contributed by atoms with Gasteiger partial charge in [-0.3, -0.25) is 5.43 Å². The predicted molar refractivity (Wildman–Crippen MR) is 75.7 cm³/mol. The van der Waals surface area contributed by atoms with E-state index in [0.717, 1.165) is 22.0 Å². The van der Waals surface area contributed by atoms with Crippen LogP contribution in [0.15, 0.2) is 11.4 Å². The number of hydrogen-bond acceptors (Lipinski definition) is 6. The number of hydrogen-bond donors (Lipinski definition) is 3. The number of fused-ring (bicyclic) bond motifs is 1. The zero-order valence-corrected chi connectivity index (χ0v) is 11.1. The lowest BCUT2D eigenvalue weighted by Crippen LogP contribution is -2.18. The molecule has 2 aromatic heterocycles. The summed E-state index contributed by atoms with van der Waals surface area (Å²) in [5.74, 6) is 7.65. The molecule has 6 heteroatoms. The van der Waals surface area contributed by atoms with Crippen LogP contribution in [-0.4, -0.2) is 16.0 Å². The number of nitrogen functional groups attached to an aromatic ring is 1. The summed E-state index contributed by atoms with van der Waals surface area (Å²) in [4.78, 5) is 9.69. The maximum atomic E-state index is 5.40. The highest BCUT2D eigenvalue weighted by molar-refractivity contribution is 7.16. The van der Waals surface area contributed by atoms with Gasteiger partial charge in [0.1, 0.15) is 10.6 Å². The van der Waals surface area contributed by atoms with E-state index in [0.29, 0.717) is 12.0 Å². The number of hydrazine groups is 1. The van der Waals surface area contributed by atoms with Gasteiger partial charge in [0, 0.05) is 6.04 Å². The third-order valence-electron chi connectivity index (χ3n) is 3.22. The van der Waals surface area contributed by atoms with Crippen molar-refractivity contribution in [3.05, 3.63) is 11.4 Å². The lowest BCUT2D eigenvalue weighted by Gasteiger charge is -2.15.